The van der Waals surface area contributed by atoms with Crippen molar-refractivity contribution >= 4 is 17.5 Å². The fourth-order valence-corrected chi connectivity index (χ4v) is 2.99. The molecule has 0 spiro atoms. The summed E-state index contributed by atoms with van der Waals surface area (Å²) in [6, 6.07) is 8.91. The zero-order valence-corrected chi connectivity index (χ0v) is 19.3. The van der Waals surface area contributed by atoms with Crippen LogP contribution in [0.25, 0.3) is 0 Å². The van der Waals surface area contributed by atoms with E-state index >= 15 is 0 Å². The first-order valence-electron chi connectivity index (χ1n) is 10.2. The van der Waals surface area contributed by atoms with Crippen LogP contribution in [0, 0.1) is 15.9 Å². The van der Waals surface area contributed by atoms with Gasteiger partial charge in [0.1, 0.15) is 17.6 Å². The lowest BCUT2D eigenvalue weighted by Gasteiger charge is -2.31. The molecule has 0 radical (unpaired) electrons. The third-order valence-electron chi connectivity index (χ3n) is 4.67. The average molecular weight is 461 g/mol. The minimum atomic E-state index is -0.911. The summed E-state index contributed by atoms with van der Waals surface area (Å²) in [4.78, 5) is 37.4. The Bertz CT molecular complexity index is 1020. The Morgan fingerprint density at radius 3 is 2.45 bits per heavy atom. The second kappa shape index (κ2) is 10.8. The Kier molecular flexibility index (Phi) is 8.33. The van der Waals surface area contributed by atoms with E-state index in [1.807, 2.05) is 20.8 Å². The Hall–Kier alpha value is -3.69. The van der Waals surface area contributed by atoms with Crippen LogP contribution in [0.5, 0.6) is 11.5 Å². The van der Waals surface area contributed by atoms with Crippen molar-refractivity contribution in [2.45, 2.75) is 45.8 Å². The predicted octanol–water partition coefficient (Wildman–Crippen LogP) is 3.45. The summed E-state index contributed by atoms with van der Waals surface area (Å²) in [6.45, 7) is 6.37. The third-order valence-corrected chi connectivity index (χ3v) is 4.67. The van der Waals surface area contributed by atoms with E-state index in [9.17, 15) is 24.1 Å². The van der Waals surface area contributed by atoms with Gasteiger partial charge in [-0.05, 0) is 39.8 Å². The SMILES string of the molecule is COc1cc(OCC(=O)N(Cc2ccccc2F)[C@@H](C)C(=O)NC(C)(C)C)ccc1[N+](=O)[O-]. The average Bonchev–Trinajstić information content (AvgIpc) is 2.74. The third kappa shape index (κ3) is 7.16. The number of nitro benzene ring substituents is 1. The van der Waals surface area contributed by atoms with Crippen LogP contribution >= 0.6 is 0 Å². The van der Waals surface area contributed by atoms with Crippen LogP contribution in [0.3, 0.4) is 0 Å². The zero-order chi connectivity index (χ0) is 24.8. The van der Waals surface area contributed by atoms with Crippen LogP contribution in [-0.4, -0.2) is 46.9 Å². The largest absolute Gasteiger partial charge is 0.490 e. The minimum Gasteiger partial charge on any atom is -0.490 e. The monoisotopic (exact) mass is 461 g/mol. The lowest BCUT2D eigenvalue weighted by Crippen LogP contribution is -2.53. The van der Waals surface area contributed by atoms with Gasteiger partial charge in [0, 0.05) is 29.8 Å². The van der Waals surface area contributed by atoms with Gasteiger partial charge in [-0.25, -0.2) is 4.39 Å². The van der Waals surface area contributed by atoms with Crippen LogP contribution < -0.4 is 14.8 Å². The van der Waals surface area contributed by atoms with Crippen molar-refractivity contribution < 1.29 is 28.4 Å². The molecule has 2 rings (SSSR count). The number of nitrogens with zero attached hydrogens (tertiary/aromatic N) is 2. The summed E-state index contributed by atoms with van der Waals surface area (Å²) in [6.07, 6.45) is 0. The number of nitrogens with one attached hydrogen (secondary N) is 1. The van der Waals surface area contributed by atoms with Gasteiger partial charge < -0.3 is 19.7 Å². The first-order valence-corrected chi connectivity index (χ1v) is 10.2. The van der Waals surface area contributed by atoms with Crippen molar-refractivity contribution in [1.29, 1.82) is 0 Å². The van der Waals surface area contributed by atoms with E-state index in [1.54, 1.807) is 13.0 Å². The summed E-state index contributed by atoms with van der Waals surface area (Å²) in [7, 11) is 1.28. The Morgan fingerprint density at radius 2 is 1.88 bits per heavy atom. The summed E-state index contributed by atoms with van der Waals surface area (Å²) < 4.78 is 24.8. The molecule has 9 nitrogen and oxygen atoms in total. The molecule has 33 heavy (non-hydrogen) atoms. The molecule has 0 aliphatic rings. The molecule has 0 unspecified atom stereocenters. The number of hydrogen-bond acceptors (Lipinski definition) is 6. The van der Waals surface area contributed by atoms with Gasteiger partial charge >= 0.3 is 5.69 Å². The van der Waals surface area contributed by atoms with Gasteiger partial charge in [-0.15, -0.1) is 0 Å². The van der Waals surface area contributed by atoms with Crippen LogP contribution in [0.4, 0.5) is 10.1 Å². The van der Waals surface area contributed by atoms with Crippen LogP contribution in [0.1, 0.15) is 33.3 Å². The molecule has 0 saturated carbocycles. The molecule has 2 aromatic carbocycles. The summed E-state index contributed by atoms with van der Waals surface area (Å²) in [5.41, 5.74) is -0.521. The molecular weight excluding hydrogens is 433 g/mol. The van der Waals surface area contributed by atoms with E-state index in [-0.39, 0.29) is 29.3 Å². The molecule has 2 amide bonds. The van der Waals surface area contributed by atoms with Crippen LogP contribution in [0.15, 0.2) is 42.5 Å². The fourth-order valence-electron chi connectivity index (χ4n) is 2.99. The van der Waals surface area contributed by atoms with E-state index in [2.05, 4.69) is 5.32 Å². The molecule has 0 heterocycles. The normalized spacial score (nSPS) is 11.9. The van der Waals surface area contributed by atoms with Gasteiger partial charge in [0.25, 0.3) is 5.91 Å². The number of hydrogen-bond donors (Lipinski definition) is 1. The number of rotatable bonds is 9. The first kappa shape index (κ1) is 25.6. The van der Waals surface area contributed by atoms with E-state index in [0.717, 1.165) is 0 Å². The number of carbonyl (C=O) groups excluding carboxylic acids is 2. The first-order chi connectivity index (χ1) is 15.4. The lowest BCUT2D eigenvalue weighted by molar-refractivity contribution is -0.385. The lowest BCUT2D eigenvalue weighted by atomic mass is 10.1. The van der Waals surface area contributed by atoms with Gasteiger partial charge in [-0.1, -0.05) is 18.2 Å². The fraction of sp³-hybridized carbons (Fsp3) is 0.391. The van der Waals surface area contributed by atoms with Crippen LogP contribution in [0.2, 0.25) is 0 Å². The summed E-state index contributed by atoms with van der Waals surface area (Å²) >= 11 is 0. The number of amides is 2. The molecule has 0 bridgehead atoms. The maximum atomic E-state index is 14.2. The van der Waals surface area contributed by atoms with Crippen molar-refractivity contribution in [3.8, 4) is 11.5 Å². The number of methoxy groups -OCH3 is 1. The number of halogens is 1. The highest BCUT2D eigenvalue weighted by atomic mass is 19.1. The molecule has 0 fully saturated rings. The van der Waals surface area contributed by atoms with E-state index in [0.29, 0.717) is 0 Å². The van der Waals surface area contributed by atoms with Crippen molar-refractivity contribution in [1.82, 2.24) is 10.2 Å². The molecule has 1 N–H and O–H groups in total. The number of nitro groups is 1. The summed E-state index contributed by atoms with van der Waals surface area (Å²) in [5.74, 6) is -1.31. The van der Waals surface area contributed by atoms with Gasteiger partial charge in [-0.2, -0.15) is 0 Å². The molecule has 0 aromatic heterocycles. The quantitative estimate of drug-likeness (QED) is 0.452. The zero-order valence-electron chi connectivity index (χ0n) is 19.3. The van der Waals surface area contributed by atoms with Gasteiger partial charge in [0.2, 0.25) is 11.7 Å². The van der Waals surface area contributed by atoms with Gasteiger partial charge in [-0.3, -0.25) is 19.7 Å². The molecule has 1 atom stereocenters. The number of ether oxygens (including phenoxy) is 2. The molecule has 178 valence electrons. The van der Waals surface area contributed by atoms with Crippen molar-refractivity contribution in [2.75, 3.05) is 13.7 Å². The number of benzene rings is 2. The van der Waals surface area contributed by atoms with Crippen LogP contribution in [-0.2, 0) is 16.1 Å². The Labute approximate surface area is 191 Å². The topological polar surface area (TPSA) is 111 Å². The smallest absolute Gasteiger partial charge is 0.311 e. The highest BCUT2D eigenvalue weighted by Gasteiger charge is 2.29. The van der Waals surface area contributed by atoms with Crippen molar-refractivity contribution in [2.24, 2.45) is 0 Å². The highest BCUT2D eigenvalue weighted by molar-refractivity contribution is 5.88. The predicted molar refractivity (Wildman–Crippen MR) is 119 cm³/mol. The molecular formula is C23H28FN3O6. The molecule has 0 saturated heterocycles. The molecule has 0 aliphatic carbocycles. The van der Waals surface area contributed by atoms with E-state index in [1.165, 1.54) is 48.4 Å². The second-order valence-electron chi connectivity index (χ2n) is 8.41. The van der Waals surface area contributed by atoms with E-state index < -0.39 is 40.7 Å². The second-order valence-corrected chi connectivity index (χ2v) is 8.41. The standard InChI is InChI=1S/C23H28FN3O6/c1-15(22(29)25-23(2,3)4)26(13-16-8-6-7-9-18(16)24)21(28)14-33-17-10-11-19(27(30)31)20(12-17)32-5/h6-12,15H,13-14H2,1-5H3,(H,25,29)/t15-/m0/s1. The van der Waals surface area contributed by atoms with Gasteiger partial charge in [0.05, 0.1) is 12.0 Å². The maximum Gasteiger partial charge on any atom is 0.311 e. The van der Waals surface area contributed by atoms with E-state index in [4.69, 9.17) is 9.47 Å². The minimum absolute atomic E-state index is 0.0221. The molecule has 0 aliphatic heterocycles. The molecule has 10 heteroatoms. The Morgan fingerprint density at radius 1 is 1.21 bits per heavy atom. The highest BCUT2D eigenvalue weighted by Crippen LogP contribution is 2.30. The number of carbonyl (C=O) groups is 2. The summed E-state index contributed by atoms with van der Waals surface area (Å²) in [5, 5.41) is 13.9. The van der Waals surface area contributed by atoms with Crippen molar-refractivity contribution in [3.05, 3.63) is 64.0 Å². The Balaban J connectivity index is 2.23. The molecule has 2 aromatic rings. The maximum absolute atomic E-state index is 14.2. The van der Waals surface area contributed by atoms with Gasteiger partial charge in [0.15, 0.2) is 6.61 Å². The van der Waals surface area contributed by atoms with Crippen molar-refractivity contribution in [3.63, 3.8) is 0 Å².